The van der Waals surface area contributed by atoms with Crippen LogP contribution in [0.2, 0.25) is 0 Å². The molecular formula is C7H13F2NO. The van der Waals surface area contributed by atoms with E-state index in [1.54, 1.807) is 0 Å². The summed E-state index contributed by atoms with van der Waals surface area (Å²) >= 11 is 0. The van der Waals surface area contributed by atoms with E-state index in [2.05, 4.69) is 0 Å². The van der Waals surface area contributed by atoms with Crippen LogP contribution in [0.15, 0.2) is 0 Å². The minimum Gasteiger partial charge on any atom is -0.367 e. The molecule has 0 N–H and O–H groups in total. The lowest BCUT2D eigenvalue weighted by Crippen LogP contribution is -2.47. The fourth-order valence-electron chi connectivity index (χ4n) is 1.34. The molecule has 1 aliphatic rings. The van der Waals surface area contributed by atoms with Gasteiger partial charge in [-0.25, -0.2) is 8.78 Å². The normalized spacial score (nSPS) is 34.6. The zero-order valence-corrected chi connectivity index (χ0v) is 6.76. The molecule has 1 rings (SSSR count). The second-order valence-corrected chi connectivity index (χ2v) is 3.04. The van der Waals surface area contributed by atoms with Crippen molar-refractivity contribution in [1.82, 2.24) is 4.90 Å². The van der Waals surface area contributed by atoms with Crippen molar-refractivity contribution in [3.8, 4) is 0 Å². The molecule has 1 saturated heterocycles. The fraction of sp³-hybridized carbons (Fsp3) is 1.00. The number of hydrogen-bond donors (Lipinski definition) is 0. The number of likely N-dealkylation sites (N-methyl/N-ethyl adjacent to an activating group) is 1. The van der Waals surface area contributed by atoms with E-state index in [0.29, 0.717) is 6.54 Å². The van der Waals surface area contributed by atoms with Crippen molar-refractivity contribution in [3.63, 3.8) is 0 Å². The first-order chi connectivity index (χ1) is 5.09. The SMILES string of the molecule is C[C@H]1CN(C)C[C@H](C(F)F)O1. The number of nitrogens with zero attached hydrogens (tertiary/aromatic N) is 1. The van der Waals surface area contributed by atoms with Crippen LogP contribution >= 0.6 is 0 Å². The van der Waals surface area contributed by atoms with Gasteiger partial charge >= 0.3 is 0 Å². The Morgan fingerprint density at radius 3 is 2.55 bits per heavy atom. The molecule has 11 heavy (non-hydrogen) atoms. The van der Waals surface area contributed by atoms with Gasteiger partial charge < -0.3 is 9.64 Å². The first kappa shape index (κ1) is 8.87. The first-order valence-electron chi connectivity index (χ1n) is 3.71. The van der Waals surface area contributed by atoms with Crippen molar-refractivity contribution in [1.29, 1.82) is 0 Å². The van der Waals surface area contributed by atoms with Crippen molar-refractivity contribution >= 4 is 0 Å². The molecule has 1 fully saturated rings. The lowest BCUT2D eigenvalue weighted by molar-refractivity contribution is -0.130. The van der Waals surface area contributed by atoms with Gasteiger partial charge in [-0.2, -0.15) is 0 Å². The summed E-state index contributed by atoms with van der Waals surface area (Å²) in [5, 5.41) is 0. The molecule has 0 aromatic carbocycles. The van der Waals surface area contributed by atoms with Gasteiger partial charge in [-0.3, -0.25) is 0 Å². The second kappa shape index (κ2) is 3.45. The largest absolute Gasteiger partial charge is 0.367 e. The van der Waals surface area contributed by atoms with Crippen LogP contribution < -0.4 is 0 Å². The average Bonchev–Trinajstić information content (AvgIpc) is 1.85. The van der Waals surface area contributed by atoms with E-state index in [-0.39, 0.29) is 6.10 Å². The molecule has 4 heteroatoms. The Kier molecular flexibility index (Phi) is 2.78. The van der Waals surface area contributed by atoms with E-state index in [4.69, 9.17) is 4.74 Å². The predicted octanol–water partition coefficient (Wildman–Crippen LogP) is 0.971. The van der Waals surface area contributed by atoms with Crippen LogP contribution in [0.1, 0.15) is 6.92 Å². The maximum absolute atomic E-state index is 12.1. The summed E-state index contributed by atoms with van der Waals surface area (Å²) in [4.78, 5) is 1.87. The first-order valence-corrected chi connectivity index (χ1v) is 3.71. The molecule has 0 unspecified atom stereocenters. The summed E-state index contributed by atoms with van der Waals surface area (Å²) in [6.45, 7) is 2.89. The van der Waals surface area contributed by atoms with Crippen molar-refractivity contribution in [2.45, 2.75) is 25.6 Å². The highest BCUT2D eigenvalue weighted by Gasteiger charge is 2.29. The molecule has 0 aromatic rings. The third-order valence-electron chi connectivity index (χ3n) is 1.75. The molecule has 0 saturated carbocycles. The Hall–Kier alpha value is -0.220. The molecule has 0 amide bonds. The summed E-state index contributed by atoms with van der Waals surface area (Å²) in [6, 6.07) is 0. The molecule has 0 radical (unpaired) electrons. The fourth-order valence-corrected chi connectivity index (χ4v) is 1.34. The number of alkyl halides is 2. The topological polar surface area (TPSA) is 12.5 Å². The lowest BCUT2D eigenvalue weighted by atomic mass is 10.2. The van der Waals surface area contributed by atoms with E-state index in [1.165, 1.54) is 0 Å². The van der Waals surface area contributed by atoms with Crippen LogP contribution in [0, 0.1) is 0 Å². The molecule has 1 heterocycles. The third kappa shape index (κ3) is 2.38. The Labute approximate surface area is 65.1 Å². The molecule has 0 aromatic heterocycles. The number of morpholine rings is 1. The standard InChI is InChI=1S/C7H13F2NO/c1-5-3-10(2)4-6(11-5)7(8)9/h5-7H,3-4H2,1-2H3/t5-,6+/m0/s1. The van der Waals surface area contributed by atoms with Gasteiger partial charge in [0.05, 0.1) is 6.10 Å². The van der Waals surface area contributed by atoms with Gasteiger partial charge in [0.15, 0.2) is 0 Å². The van der Waals surface area contributed by atoms with Gasteiger partial charge in [0, 0.05) is 13.1 Å². The second-order valence-electron chi connectivity index (χ2n) is 3.04. The van der Waals surface area contributed by atoms with E-state index < -0.39 is 12.5 Å². The Bertz CT molecular complexity index is 122. The van der Waals surface area contributed by atoms with Gasteiger partial charge in [0.2, 0.25) is 0 Å². The van der Waals surface area contributed by atoms with Gasteiger partial charge in [-0.1, -0.05) is 0 Å². The zero-order valence-electron chi connectivity index (χ0n) is 6.76. The molecule has 0 spiro atoms. The molecule has 2 atom stereocenters. The Morgan fingerprint density at radius 1 is 1.45 bits per heavy atom. The summed E-state index contributed by atoms with van der Waals surface area (Å²) in [5.74, 6) is 0. The predicted molar refractivity (Wildman–Crippen MR) is 37.8 cm³/mol. The number of rotatable bonds is 1. The van der Waals surface area contributed by atoms with Gasteiger partial charge in [-0.05, 0) is 14.0 Å². The minimum absolute atomic E-state index is 0.0762. The zero-order chi connectivity index (χ0) is 8.43. The van der Waals surface area contributed by atoms with Crippen LogP contribution in [0.4, 0.5) is 8.78 Å². The minimum atomic E-state index is -2.36. The van der Waals surface area contributed by atoms with E-state index >= 15 is 0 Å². The van der Waals surface area contributed by atoms with Crippen molar-refractivity contribution < 1.29 is 13.5 Å². The summed E-state index contributed by atoms with van der Waals surface area (Å²) < 4.78 is 29.3. The maximum Gasteiger partial charge on any atom is 0.265 e. The Morgan fingerprint density at radius 2 is 2.09 bits per heavy atom. The lowest BCUT2D eigenvalue weighted by Gasteiger charge is -2.33. The molecule has 2 nitrogen and oxygen atoms in total. The Balaban J connectivity index is 2.43. The van der Waals surface area contributed by atoms with Crippen molar-refractivity contribution in [3.05, 3.63) is 0 Å². The summed E-state index contributed by atoms with van der Waals surface area (Å²) in [7, 11) is 1.83. The molecule has 0 aliphatic carbocycles. The highest BCUT2D eigenvalue weighted by molar-refractivity contribution is 4.74. The van der Waals surface area contributed by atoms with Crippen LogP contribution in [0.25, 0.3) is 0 Å². The van der Waals surface area contributed by atoms with E-state index in [0.717, 1.165) is 6.54 Å². The maximum atomic E-state index is 12.1. The highest BCUT2D eigenvalue weighted by atomic mass is 19.3. The van der Waals surface area contributed by atoms with Crippen molar-refractivity contribution in [2.24, 2.45) is 0 Å². The van der Waals surface area contributed by atoms with Crippen LogP contribution in [-0.2, 0) is 4.74 Å². The number of halogens is 2. The monoisotopic (exact) mass is 165 g/mol. The van der Waals surface area contributed by atoms with Crippen LogP contribution in [-0.4, -0.2) is 43.7 Å². The molecule has 66 valence electrons. The molecular weight excluding hydrogens is 152 g/mol. The highest BCUT2D eigenvalue weighted by Crippen LogP contribution is 2.14. The van der Waals surface area contributed by atoms with Gasteiger partial charge in [0.1, 0.15) is 6.10 Å². The molecule has 1 aliphatic heterocycles. The van der Waals surface area contributed by atoms with E-state index in [9.17, 15) is 8.78 Å². The van der Waals surface area contributed by atoms with Crippen molar-refractivity contribution in [2.75, 3.05) is 20.1 Å². The number of hydrogen-bond acceptors (Lipinski definition) is 2. The van der Waals surface area contributed by atoms with Gasteiger partial charge in [0.25, 0.3) is 6.43 Å². The quantitative estimate of drug-likeness (QED) is 0.574. The van der Waals surface area contributed by atoms with Gasteiger partial charge in [-0.15, -0.1) is 0 Å². The van der Waals surface area contributed by atoms with E-state index in [1.807, 2.05) is 18.9 Å². The summed E-state index contributed by atoms with van der Waals surface area (Å²) in [5.41, 5.74) is 0. The third-order valence-corrected chi connectivity index (χ3v) is 1.75. The average molecular weight is 165 g/mol. The number of ether oxygens (including phenoxy) is 1. The molecule has 0 bridgehead atoms. The smallest absolute Gasteiger partial charge is 0.265 e. The summed E-state index contributed by atoms with van der Waals surface area (Å²) in [6.07, 6.45) is -3.34. The van der Waals surface area contributed by atoms with Crippen LogP contribution in [0.3, 0.4) is 0 Å². The van der Waals surface area contributed by atoms with Crippen LogP contribution in [0.5, 0.6) is 0 Å².